The molecule has 5 rings (SSSR count). The Labute approximate surface area is 206 Å². The number of carboxylic acids is 1. The number of carbonyl (C=O) groups is 1. The Morgan fingerprint density at radius 3 is 2.18 bits per heavy atom. The van der Waals surface area contributed by atoms with Gasteiger partial charge in [-0.15, -0.1) is 0 Å². The highest BCUT2D eigenvalue weighted by Gasteiger charge is 2.74. The molecule has 192 valence electrons. The molecule has 0 saturated heterocycles. The SMILES string of the molecule is C=C(C)[C@@H]1CC[C@]2(C(=O)O)CC[C@]3(C)[C@H](CC[C@@H]4[C@@]5(C)[C@H](CO)[C@@H](O)C(C)(C)[C@@H]5CC[C@]43C)[C@@H]12. The zero-order valence-electron chi connectivity index (χ0n) is 22.4. The fourth-order valence-electron chi connectivity index (χ4n) is 11.9. The fourth-order valence-corrected chi connectivity index (χ4v) is 11.9. The van der Waals surface area contributed by atoms with Crippen molar-refractivity contribution in [2.24, 2.45) is 62.6 Å². The summed E-state index contributed by atoms with van der Waals surface area (Å²) in [7, 11) is 0. The standard InChI is InChI=1S/C30H48O4/c1-17(2)18-10-13-30(25(33)34)15-14-27(5)19(23(18)30)8-9-22-28(27,6)12-11-21-26(3,4)24(32)20(16-31)29(21,22)7/h18-24,31-32H,1,8-16H2,2-7H3,(H,33,34)/t18-,19+,20+,21-,22-,23+,24+,27+,28+,29-,30-/m0/s1. The van der Waals surface area contributed by atoms with Gasteiger partial charge in [0.25, 0.3) is 0 Å². The summed E-state index contributed by atoms with van der Waals surface area (Å²) in [6.07, 6.45) is 7.42. The summed E-state index contributed by atoms with van der Waals surface area (Å²) in [6, 6.07) is 0. The van der Waals surface area contributed by atoms with Gasteiger partial charge in [-0.3, -0.25) is 4.79 Å². The first-order valence-corrected chi connectivity index (χ1v) is 13.9. The number of allylic oxidation sites excluding steroid dienone is 1. The maximum Gasteiger partial charge on any atom is 0.309 e. The molecule has 0 heterocycles. The van der Waals surface area contributed by atoms with Gasteiger partial charge in [0.05, 0.1) is 11.5 Å². The predicted molar refractivity (Wildman–Crippen MR) is 134 cm³/mol. The molecule has 0 aliphatic heterocycles. The summed E-state index contributed by atoms with van der Waals surface area (Å²) < 4.78 is 0. The van der Waals surface area contributed by atoms with E-state index in [0.717, 1.165) is 51.4 Å². The van der Waals surface area contributed by atoms with Crippen LogP contribution in [-0.4, -0.2) is 34.0 Å². The van der Waals surface area contributed by atoms with Crippen molar-refractivity contribution in [2.75, 3.05) is 6.61 Å². The number of hydrogen-bond donors (Lipinski definition) is 3. The van der Waals surface area contributed by atoms with E-state index in [9.17, 15) is 20.1 Å². The fraction of sp³-hybridized carbons (Fsp3) is 0.900. The summed E-state index contributed by atoms with van der Waals surface area (Å²) >= 11 is 0. The van der Waals surface area contributed by atoms with Crippen molar-refractivity contribution in [1.82, 2.24) is 0 Å². The van der Waals surface area contributed by atoms with Crippen LogP contribution in [0.1, 0.15) is 92.9 Å². The quantitative estimate of drug-likeness (QED) is 0.446. The van der Waals surface area contributed by atoms with Crippen LogP contribution in [0.25, 0.3) is 0 Å². The lowest BCUT2D eigenvalue weighted by Crippen LogP contribution is -2.65. The van der Waals surface area contributed by atoms with Crippen LogP contribution in [0, 0.1) is 62.6 Å². The maximum atomic E-state index is 12.8. The molecule has 0 aromatic rings. The van der Waals surface area contributed by atoms with Crippen molar-refractivity contribution in [3.63, 3.8) is 0 Å². The number of aliphatic carboxylic acids is 1. The van der Waals surface area contributed by atoms with E-state index in [4.69, 9.17) is 0 Å². The maximum absolute atomic E-state index is 12.8. The Kier molecular flexibility index (Phi) is 5.36. The molecule has 0 amide bonds. The van der Waals surface area contributed by atoms with Crippen LogP contribution in [0.5, 0.6) is 0 Å². The van der Waals surface area contributed by atoms with Gasteiger partial charge in [-0.25, -0.2) is 0 Å². The van der Waals surface area contributed by atoms with Crippen molar-refractivity contribution in [3.05, 3.63) is 12.2 Å². The molecule has 34 heavy (non-hydrogen) atoms. The van der Waals surface area contributed by atoms with E-state index in [2.05, 4.69) is 48.1 Å². The van der Waals surface area contributed by atoms with Gasteiger partial charge < -0.3 is 15.3 Å². The molecular formula is C30H48O4. The van der Waals surface area contributed by atoms with E-state index in [1.165, 1.54) is 5.57 Å². The Balaban J connectivity index is 1.60. The second-order valence-corrected chi connectivity index (χ2v) is 14.6. The van der Waals surface area contributed by atoms with Gasteiger partial charge in [0.2, 0.25) is 0 Å². The molecule has 11 atom stereocenters. The summed E-state index contributed by atoms with van der Waals surface area (Å²) in [4.78, 5) is 12.8. The molecule has 0 bridgehead atoms. The van der Waals surface area contributed by atoms with Crippen LogP contribution in [-0.2, 0) is 4.79 Å². The van der Waals surface area contributed by atoms with Gasteiger partial charge in [0.1, 0.15) is 0 Å². The van der Waals surface area contributed by atoms with Gasteiger partial charge in [-0.05, 0) is 110 Å². The third-order valence-electron chi connectivity index (χ3n) is 13.7. The largest absolute Gasteiger partial charge is 0.481 e. The molecule has 4 nitrogen and oxygen atoms in total. The normalized spacial score (nSPS) is 55.6. The summed E-state index contributed by atoms with van der Waals surface area (Å²) in [5.74, 6) is 1.07. The molecule has 5 aliphatic carbocycles. The highest BCUT2D eigenvalue weighted by Crippen LogP contribution is 2.79. The first-order chi connectivity index (χ1) is 15.7. The van der Waals surface area contributed by atoms with Crippen molar-refractivity contribution >= 4 is 5.97 Å². The second kappa shape index (κ2) is 7.34. The van der Waals surface area contributed by atoms with Gasteiger partial charge in [-0.2, -0.15) is 0 Å². The molecule has 0 radical (unpaired) electrons. The number of aliphatic hydroxyl groups is 2. The first-order valence-electron chi connectivity index (χ1n) is 13.9. The lowest BCUT2D eigenvalue weighted by atomic mass is 9.34. The number of rotatable bonds is 3. The van der Waals surface area contributed by atoms with E-state index >= 15 is 0 Å². The number of hydrogen-bond acceptors (Lipinski definition) is 3. The minimum absolute atomic E-state index is 0.0484. The van der Waals surface area contributed by atoms with Gasteiger partial charge in [0, 0.05) is 12.5 Å². The second-order valence-electron chi connectivity index (χ2n) is 14.6. The van der Waals surface area contributed by atoms with Crippen LogP contribution >= 0.6 is 0 Å². The average molecular weight is 473 g/mol. The Hall–Kier alpha value is -0.870. The first kappa shape index (κ1) is 24.8. The van der Waals surface area contributed by atoms with Crippen molar-refractivity contribution < 1.29 is 20.1 Å². The Morgan fingerprint density at radius 2 is 1.59 bits per heavy atom. The van der Waals surface area contributed by atoms with Crippen molar-refractivity contribution in [2.45, 2.75) is 99.0 Å². The summed E-state index contributed by atoms with van der Waals surface area (Å²) in [5, 5.41) is 32.4. The van der Waals surface area contributed by atoms with E-state index in [0.29, 0.717) is 23.7 Å². The van der Waals surface area contributed by atoms with E-state index in [1.807, 2.05) is 0 Å². The molecular weight excluding hydrogens is 424 g/mol. The van der Waals surface area contributed by atoms with Crippen molar-refractivity contribution in [1.29, 1.82) is 0 Å². The smallest absolute Gasteiger partial charge is 0.309 e. The zero-order chi connectivity index (χ0) is 25.1. The molecule has 5 fully saturated rings. The molecule has 0 aromatic heterocycles. The average Bonchev–Trinajstić information content (AvgIpc) is 3.22. The molecule has 5 saturated carbocycles. The summed E-state index contributed by atoms with van der Waals surface area (Å²) in [6.45, 7) is 18.3. The van der Waals surface area contributed by atoms with E-state index in [1.54, 1.807) is 0 Å². The highest BCUT2D eigenvalue weighted by atomic mass is 16.4. The molecule has 0 spiro atoms. The van der Waals surface area contributed by atoms with Crippen molar-refractivity contribution in [3.8, 4) is 0 Å². The topological polar surface area (TPSA) is 77.8 Å². The van der Waals surface area contributed by atoms with Crippen LogP contribution in [0.4, 0.5) is 0 Å². The predicted octanol–water partition coefficient (Wildman–Crippen LogP) is 5.92. The lowest BCUT2D eigenvalue weighted by Gasteiger charge is -2.70. The monoisotopic (exact) mass is 472 g/mol. The third-order valence-corrected chi connectivity index (χ3v) is 13.7. The number of fused-ring (bicyclic) bond motifs is 7. The van der Waals surface area contributed by atoms with Gasteiger partial charge in [0.15, 0.2) is 0 Å². The molecule has 0 unspecified atom stereocenters. The molecule has 5 aliphatic rings. The molecule has 4 heteroatoms. The highest BCUT2D eigenvalue weighted by molar-refractivity contribution is 5.76. The lowest BCUT2D eigenvalue weighted by molar-refractivity contribution is -0.228. The van der Waals surface area contributed by atoms with Gasteiger partial charge in [-0.1, -0.05) is 46.8 Å². The molecule has 3 N–H and O–H groups in total. The number of aliphatic hydroxyl groups excluding tert-OH is 2. The van der Waals surface area contributed by atoms with Gasteiger partial charge >= 0.3 is 5.97 Å². The zero-order valence-corrected chi connectivity index (χ0v) is 22.4. The minimum Gasteiger partial charge on any atom is -0.481 e. The minimum atomic E-state index is -0.586. The third kappa shape index (κ3) is 2.61. The Bertz CT molecular complexity index is 894. The molecule has 0 aromatic carbocycles. The summed E-state index contributed by atoms with van der Waals surface area (Å²) in [5.41, 5.74) is 0.454. The van der Waals surface area contributed by atoms with E-state index in [-0.39, 0.29) is 40.1 Å². The van der Waals surface area contributed by atoms with Crippen LogP contribution < -0.4 is 0 Å². The number of carboxylic acid groups (broad SMARTS) is 1. The van der Waals surface area contributed by atoms with Crippen LogP contribution in [0.15, 0.2) is 12.2 Å². The Morgan fingerprint density at radius 1 is 0.912 bits per heavy atom. The van der Waals surface area contributed by atoms with E-state index < -0.39 is 17.5 Å². The van der Waals surface area contributed by atoms with Crippen LogP contribution in [0.2, 0.25) is 0 Å². The van der Waals surface area contributed by atoms with Crippen LogP contribution in [0.3, 0.4) is 0 Å².